The van der Waals surface area contributed by atoms with Crippen molar-refractivity contribution in [3.05, 3.63) is 23.8 Å². The number of carboxylic acids is 1. The number of aryl methyl sites for hydroxylation is 1. The Bertz CT molecular complexity index is 683. The third-order valence-corrected chi connectivity index (χ3v) is 3.73. The molecule has 1 heterocycles. The van der Waals surface area contributed by atoms with Crippen LogP contribution >= 0.6 is 11.3 Å². The van der Waals surface area contributed by atoms with E-state index in [0.29, 0.717) is 5.13 Å². The van der Waals surface area contributed by atoms with Gasteiger partial charge >= 0.3 is 12.0 Å². The van der Waals surface area contributed by atoms with Gasteiger partial charge in [-0.25, -0.2) is 14.6 Å². The van der Waals surface area contributed by atoms with Crippen LogP contribution in [0.25, 0.3) is 10.2 Å². The van der Waals surface area contributed by atoms with Crippen molar-refractivity contribution in [2.24, 2.45) is 0 Å². The number of aliphatic carboxylic acids is 1. The summed E-state index contributed by atoms with van der Waals surface area (Å²) in [5.41, 5.74) is 1.84. The van der Waals surface area contributed by atoms with Crippen LogP contribution in [0.1, 0.15) is 12.5 Å². The van der Waals surface area contributed by atoms with Crippen molar-refractivity contribution in [1.29, 1.82) is 0 Å². The number of nitrogens with one attached hydrogen (secondary N) is 2. The Hall–Kier alpha value is -2.19. The van der Waals surface area contributed by atoms with E-state index < -0.39 is 24.1 Å². The van der Waals surface area contributed by atoms with E-state index >= 15 is 0 Å². The fraction of sp³-hybridized carbons (Fsp3) is 0.308. The zero-order chi connectivity index (χ0) is 15.6. The van der Waals surface area contributed by atoms with E-state index in [1.54, 1.807) is 0 Å². The average molecular weight is 309 g/mol. The summed E-state index contributed by atoms with van der Waals surface area (Å²) in [6.07, 6.45) is -1.20. The lowest BCUT2D eigenvalue weighted by atomic mass is 10.2. The molecule has 0 spiro atoms. The van der Waals surface area contributed by atoms with Gasteiger partial charge in [-0.3, -0.25) is 5.32 Å². The number of aliphatic hydroxyl groups is 1. The van der Waals surface area contributed by atoms with Gasteiger partial charge in [-0.05, 0) is 31.5 Å². The molecule has 1 aromatic heterocycles. The third-order valence-electron chi connectivity index (χ3n) is 2.80. The molecule has 2 rings (SSSR count). The van der Waals surface area contributed by atoms with Gasteiger partial charge in [-0.1, -0.05) is 17.4 Å². The van der Waals surface area contributed by atoms with Crippen molar-refractivity contribution in [1.82, 2.24) is 10.3 Å². The minimum absolute atomic E-state index is 0.364. The largest absolute Gasteiger partial charge is 0.480 e. The van der Waals surface area contributed by atoms with Gasteiger partial charge in [-0.2, -0.15) is 0 Å². The number of urea groups is 1. The standard InChI is InChI=1S/C13H15N3O4S/c1-6-3-4-8-9(5-6)21-13(14-8)16-12(20)15-10(7(2)17)11(18)19/h3-5,7,10,17H,1-2H3,(H,18,19)(H2,14,15,16,20). The van der Waals surface area contributed by atoms with E-state index in [1.165, 1.54) is 18.3 Å². The van der Waals surface area contributed by atoms with Gasteiger partial charge in [0.2, 0.25) is 0 Å². The number of carboxylic acid groups (broad SMARTS) is 1. The molecular formula is C13H15N3O4S. The first-order valence-corrected chi connectivity index (χ1v) is 7.04. The van der Waals surface area contributed by atoms with Crippen LogP contribution in [0.4, 0.5) is 9.93 Å². The normalized spacial score (nSPS) is 13.7. The van der Waals surface area contributed by atoms with Gasteiger partial charge in [-0.15, -0.1) is 0 Å². The molecular weight excluding hydrogens is 294 g/mol. The minimum atomic E-state index is -1.37. The number of aromatic nitrogens is 1. The van der Waals surface area contributed by atoms with Crippen LogP contribution in [0.15, 0.2) is 18.2 Å². The predicted octanol–water partition coefficient (Wildman–Crippen LogP) is 1.56. The highest BCUT2D eigenvalue weighted by Crippen LogP contribution is 2.26. The zero-order valence-electron chi connectivity index (χ0n) is 11.5. The number of amides is 2. The number of thiazole rings is 1. The summed E-state index contributed by atoms with van der Waals surface area (Å²) >= 11 is 1.29. The zero-order valence-corrected chi connectivity index (χ0v) is 12.3. The molecule has 0 bridgehead atoms. The van der Waals surface area contributed by atoms with Gasteiger partial charge in [0.15, 0.2) is 11.2 Å². The summed E-state index contributed by atoms with van der Waals surface area (Å²) in [5.74, 6) is -1.31. The fourth-order valence-electron chi connectivity index (χ4n) is 1.75. The number of carbonyl (C=O) groups excluding carboxylic acids is 1. The molecule has 0 fully saturated rings. The summed E-state index contributed by atoms with van der Waals surface area (Å²) in [4.78, 5) is 26.9. The number of rotatable bonds is 4. The number of anilines is 1. The molecule has 2 aromatic rings. The van der Waals surface area contributed by atoms with Crippen molar-refractivity contribution >= 4 is 38.7 Å². The molecule has 7 nitrogen and oxygen atoms in total. The van der Waals surface area contributed by atoms with Crippen LogP contribution in [-0.2, 0) is 4.79 Å². The van der Waals surface area contributed by atoms with Crippen molar-refractivity contribution < 1.29 is 19.8 Å². The average Bonchev–Trinajstić information content (AvgIpc) is 2.76. The van der Waals surface area contributed by atoms with E-state index in [4.69, 9.17) is 5.11 Å². The molecule has 2 atom stereocenters. The Morgan fingerprint density at radius 3 is 2.71 bits per heavy atom. The molecule has 0 saturated heterocycles. The summed E-state index contributed by atoms with van der Waals surface area (Å²) in [6.45, 7) is 3.25. The van der Waals surface area contributed by atoms with Gasteiger partial charge in [0.25, 0.3) is 0 Å². The molecule has 2 unspecified atom stereocenters. The summed E-state index contributed by atoms with van der Waals surface area (Å²) in [5, 5.41) is 23.2. The molecule has 0 aliphatic carbocycles. The molecule has 21 heavy (non-hydrogen) atoms. The Balaban J connectivity index is 2.09. The van der Waals surface area contributed by atoms with E-state index in [1.807, 2.05) is 25.1 Å². The molecule has 0 radical (unpaired) electrons. The topological polar surface area (TPSA) is 112 Å². The third kappa shape index (κ3) is 3.67. The predicted molar refractivity (Wildman–Crippen MR) is 79.6 cm³/mol. The van der Waals surface area contributed by atoms with E-state index in [-0.39, 0.29) is 0 Å². The van der Waals surface area contributed by atoms with Crippen molar-refractivity contribution in [2.75, 3.05) is 5.32 Å². The minimum Gasteiger partial charge on any atom is -0.480 e. The van der Waals surface area contributed by atoms with Gasteiger partial charge < -0.3 is 15.5 Å². The SMILES string of the molecule is Cc1ccc2nc(NC(=O)NC(C(=O)O)C(C)O)sc2c1. The number of carbonyl (C=O) groups is 2. The Kier molecular flexibility index (Phi) is 4.39. The van der Waals surface area contributed by atoms with Crippen LogP contribution in [0.2, 0.25) is 0 Å². The Morgan fingerprint density at radius 1 is 1.38 bits per heavy atom. The molecule has 2 amide bonds. The Morgan fingerprint density at radius 2 is 2.10 bits per heavy atom. The maximum Gasteiger partial charge on any atom is 0.328 e. The van der Waals surface area contributed by atoms with E-state index in [2.05, 4.69) is 15.6 Å². The Labute approximate surface area is 124 Å². The molecule has 0 saturated carbocycles. The van der Waals surface area contributed by atoms with Crippen LogP contribution in [-0.4, -0.2) is 39.3 Å². The van der Waals surface area contributed by atoms with Crippen LogP contribution in [0.5, 0.6) is 0 Å². The summed E-state index contributed by atoms with van der Waals surface area (Å²) in [7, 11) is 0. The number of nitrogens with zero attached hydrogens (tertiary/aromatic N) is 1. The maximum absolute atomic E-state index is 11.7. The molecule has 4 N–H and O–H groups in total. The second-order valence-corrected chi connectivity index (χ2v) is 5.68. The number of hydrogen-bond acceptors (Lipinski definition) is 5. The number of aliphatic hydroxyl groups excluding tert-OH is 1. The lowest BCUT2D eigenvalue weighted by Gasteiger charge is -2.16. The van der Waals surface area contributed by atoms with E-state index in [9.17, 15) is 14.7 Å². The molecule has 0 aliphatic heterocycles. The van der Waals surface area contributed by atoms with Crippen LogP contribution < -0.4 is 10.6 Å². The number of fused-ring (bicyclic) bond motifs is 1. The molecule has 8 heteroatoms. The smallest absolute Gasteiger partial charge is 0.328 e. The number of benzene rings is 1. The number of hydrogen-bond donors (Lipinski definition) is 4. The van der Waals surface area contributed by atoms with E-state index in [0.717, 1.165) is 15.8 Å². The van der Waals surface area contributed by atoms with Crippen molar-refractivity contribution in [3.8, 4) is 0 Å². The lowest BCUT2D eigenvalue weighted by Crippen LogP contribution is -2.49. The summed E-state index contributed by atoms with van der Waals surface area (Å²) < 4.78 is 0.926. The first-order chi connectivity index (χ1) is 9.86. The quantitative estimate of drug-likeness (QED) is 0.685. The highest BCUT2D eigenvalue weighted by Gasteiger charge is 2.25. The fourth-order valence-corrected chi connectivity index (χ4v) is 2.71. The van der Waals surface area contributed by atoms with Crippen LogP contribution in [0, 0.1) is 6.92 Å². The summed E-state index contributed by atoms with van der Waals surface area (Å²) in [6, 6.07) is 3.62. The molecule has 1 aromatic carbocycles. The first-order valence-electron chi connectivity index (χ1n) is 6.22. The van der Waals surface area contributed by atoms with Crippen molar-refractivity contribution in [2.45, 2.75) is 26.0 Å². The van der Waals surface area contributed by atoms with Crippen molar-refractivity contribution in [3.63, 3.8) is 0 Å². The molecule has 112 valence electrons. The van der Waals surface area contributed by atoms with Gasteiger partial charge in [0.05, 0.1) is 16.3 Å². The monoisotopic (exact) mass is 309 g/mol. The second kappa shape index (κ2) is 6.06. The van der Waals surface area contributed by atoms with Gasteiger partial charge in [0.1, 0.15) is 0 Å². The van der Waals surface area contributed by atoms with Gasteiger partial charge in [0, 0.05) is 0 Å². The highest BCUT2D eigenvalue weighted by molar-refractivity contribution is 7.22. The maximum atomic E-state index is 11.7. The van der Waals surface area contributed by atoms with Crippen LogP contribution in [0.3, 0.4) is 0 Å². The second-order valence-electron chi connectivity index (χ2n) is 4.65. The lowest BCUT2D eigenvalue weighted by molar-refractivity contribution is -0.141. The first kappa shape index (κ1) is 15.2. The molecule has 0 aliphatic rings. The highest BCUT2D eigenvalue weighted by atomic mass is 32.1.